The first kappa shape index (κ1) is 23.3. The van der Waals surface area contributed by atoms with Crippen molar-refractivity contribution < 1.29 is 5.11 Å². The molecule has 0 radical (unpaired) electrons. The Morgan fingerprint density at radius 2 is 1.27 bits per heavy atom. The van der Waals surface area contributed by atoms with Gasteiger partial charge in [0.05, 0.1) is 0 Å². The molecule has 0 spiro atoms. The van der Waals surface area contributed by atoms with Gasteiger partial charge in [0, 0.05) is 32.4 Å². The van der Waals surface area contributed by atoms with Crippen molar-refractivity contribution in [3.63, 3.8) is 0 Å². The Morgan fingerprint density at radius 3 is 1.82 bits per heavy atom. The Morgan fingerprint density at radius 1 is 0.727 bits per heavy atom. The van der Waals surface area contributed by atoms with Gasteiger partial charge in [0.2, 0.25) is 0 Å². The summed E-state index contributed by atoms with van der Waals surface area (Å²) in [6.45, 7) is 14.9. The van der Waals surface area contributed by atoms with E-state index in [4.69, 9.17) is 0 Å². The lowest BCUT2D eigenvalue weighted by atomic mass is 9.79. The second-order valence-electron chi connectivity index (χ2n) is 10.7. The molecule has 33 heavy (non-hydrogen) atoms. The number of fused-ring (bicyclic) bond motifs is 1. The van der Waals surface area contributed by atoms with Crippen molar-refractivity contribution in [2.75, 3.05) is 0 Å². The van der Waals surface area contributed by atoms with Gasteiger partial charge in [-0.05, 0) is 29.9 Å². The van der Waals surface area contributed by atoms with Gasteiger partial charge in [-0.1, -0.05) is 107 Å². The minimum Gasteiger partial charge on any atom is -0.507 e. The van der Waals surface area contributed by atoms with E-state index in [1.165, 1.54) is 5.56 Å². The molecule has 0 atom stereocenters. The molecule has 4 heteroatoms. The van der Waals surface area contributed by atoms with Crippen molar-refractivity contribution in [1.29, 1.82) is 0 Å². The van der Waals surface area contributed by atoms with Gasteiger partial charge in [-0.3, -0.25) is 0 Å². The van der Waals surface area contributed by atoms with Gasteiger partial charge in [0.1, 0.15) is 16.5 Å². The summed E-state index contributed by atoms with van der Waals surface area (Å²) in [6.07, 6.45) is 0. The maximum Gasteiger partial charge on any atom is 0.131 e. The quantitative estimate of drug-likeness (QED) is 0.339. The smallest absolute Gasteiger partial charge is 0.131 e. The maximum atomic E-state index is 11.1. The molecule has 1 N–H and O–H groups in total. The normalized spacial score (nSPS) is 12.3. The average molecular weight is 457 g/mol. The van der Waals surface area contributed by atoms with Crippen LogP contribution in [0.3, 0.4) is 0 Å². The molecule has 0 unspecified atom stereocenters. The number of nitrogens with zero attached hydrogens (tertiary/aromatic N) is 2. The maximum absolute atomic E-state index is 11.1. The van der Waals surface area contributed by atoms with Crippen LogP contribution in [0.15, 0.2) is 70.6 Å². The largest absolute Gasteiger partial charge is 0.507 e. The fraction of sp³-hybridized carbons (Fsp3) is 0.310. The molecule has 0 saturated carbocycles. The molecule has 0 saturated heterocycles. The summed E-state index contributed by atoms with van der Waals surface area (Å²) in [5.41, 5.74) is 4.73. The number of hydrogen-bond acceptors (Lipinski definition) is 4. The third-order valence-corrected chi connectivity index (χ3v) is 6.86. The summed E-state index contributed by atoms with van der Waals surface area (Å²) in [7, 11) is 0. The number of aryl methyl sites for hydroxylation is 1. The first-order valence-corrected chi connectivity index (χ1v) is 12.1. The van der Waals surface area contributed by atoms with Crippen molar-refractivity contribution in [3.05, 3.63) is 77.4 Å². The molecular weight excluding hydrogens is 424 g/mol. The number of phenols is 1. The predicted molar refractivity (Wildman–Crippen MR) is 139 cm³/mol. The molecule has 4 aromatic rings. The van der Waals surface area contributed by atoms with E-state index in [1.807, 2.05) is 12.1 Å². The van der Waals surface area contributed by atoms with Gasteiger partial charge in [-0.25, -0.2) is 0 Å². The predicted octanol–water partition coefficient (Wildman–Crippen LogP) is 8.06. The molecule has 1 aromatic heterocycles. The molecular formula is C29H32N2OS. The van der Waals surface area contributed by atoms with Crippen molar-refractivity contribution >= 4 is 22.5 Å². The van der Waals surface area contributed by atoms with Crippen molar-refractivity contribution in [1.82, 2.24) is 10.2 Å². The lowest BCUT2D eigenvalue weighted by Crippen LogP contribution is -2.17. The fourth-order valence-electron chi connectivity index (χ4n) is 4.00. The molecule has 0 aliphatic carbocycles. The number of benzene rings is 3. The highest BCUT2D eigenvalue weighted by atomic mass is 32.2. The van der Waals surface area contributed by atoms with E-state index >= 15 is 0 Å². The van der Waals surface area contributed by atoms with Crippen LogP contribution in [0.4, 0.5) is 0 Å². The molecule has 3 nitrogen and oxygen atoms in total. The molecule has 0 bridgehead atoms. The zero-order valence-corrected chi connectivity index (χ0v) is 21.3. The van der Waals surface area contributed by atoms with E-state index < -0.39 is 0 Å². The number of rotatable bonds is 3. The van der Waals surface area contributed by atoms with Crippen LogP contribution in [0, 0.1) is 6.92 Å². The highest BCUT2D eigenvalue weighted by Gasteiger charge is 2.27. The highest BCUT2D eigenvalue weighted by Crippen LogP contribution is 2.44. The van der Waals surface area contributed by atoms with Gasteiger partial charge >= 0.3 is 0 Å². The van der Waals surface area contributed by atoms with Crippen molar-refractivity contribution in [3.8, 4) is 17.0 Å². The lowest BCUT2D eigenvalue weighted by Gasteiger charge is -2.28. The standard InChI is InChI=1S/C29H32N2OS/c1-18-12-14-19(15-13-18)25-21-10-8-9-11-22(21)27(31-30-25)33-20-16-23(28(2,3)4)26(32)24(17-20)29(5,6)7/h8-17,32H,1-7H3. The highest BCUT2D eigenvalue weighted by molar-refractivity contribution is 7.99. The van der Waals surface area contributed by atoms with E-state index in [2.05, 4.69) is 107 Å². The van der Waals surface area contributed by atoms with Crippen molar-refractivity contribution in [2.24, 2.45) is 0 Å². The average Bonchev–Trinajstić information content (AvgIpc) is 2.74. The van der Waals surface area contributed by atoms with Gasteiger partial charge in [0.15, 0.2) is 0 Å². The van der Waals surface area contributed by atoms with Gasteiger partial charge in [-0.2, -0.15) is 0 Å². The van der Waals surface area contributed by atoms with E-state index in [0.29, 0.717) is 5.75 Å². The molecule has 0 aliphatic rings. The Hall–Kier alpha value is -2.85. The number of aromatic hydroxyl groups is 1. The van der Waals surface area contributed by atoms with E-state index in [9.17, 15) is 5.11 Å². The first-order chi connectivity index (χ1) is 15.4. The third-order valence-electron chi connectivity index (χ3n) is 5.89. The molecule has 1 heterocycles. The summed E-state index contributed by atoms with van der Waals surface area (Å²) in [4.78, 5) is 1.06. The Labute approximate surface area is 201 Å². The second-order valence-corrected chi connectivity index (χ2v) is 11.8. The van der Waals surface area contributed by atoms with Crippen LogP contribution in [0.2, 0.25) is 0 Å². The van der Waals surface area contributed by atoms with Crippen LogP contribution in [0.5, 0.6) is 5.75 Å². The summed E-state index contributed by atoms with van der Waals surface area (Å²) in [6, 6.07) is 20.9. The summed E-state index contributed by atoms with van der Waals surface area (Å²) >= 11 is 1.61. The first-order valence-electron chi connectivity index (χ1n) is 11.3. The number of phenolic OH excluding ortho intramolecular Hbond substituents is 1. The zero-order chi connectivity index (χ0) is 24.0. The van der Waals surface area contributed by atoms with Crippen molar-refractivity contribution in [2.45, 2.75) is 69.2 Å². The Kier molecular flexibility index (Phi) is 6.00. The van der Waals surface area contributed by atoms with Crippen LogP contribution in [-0.2, 0) is 10.8 Å². The minimum atomic E-state index is -0.177. The zero-order valence-electron chi connectivity index (χ0n) is 20.5. The van der Waals surface area contributed by atoms with Gasteiger partial charge in [-0.15, -0.1) is 10.2 Å². The SMILES string of the molecule is Cc1ccc(-c2nnc(Sc3cc(C(C)(C)C)c(O)c(C(C)(C)C)c3)c3ccccc23)cc1. The minimum absolute atomic E-state index is 0.177. The Bertz CT molecular complexity index is 1280. The van der Waals surface area contributed by atoms with Gasteiger partial charge < -0.3 is 5.11 Å². The molecule has 4 rings (SSSR count). The molecule has 3 aromatic carbocycles. The van der Waals surface area contributed by atoms with Crippen LogP contribution >= 0.6 is 11.8 Å². The van der Waals surface area contributed by atoms with E-state index in [1.54, 1.807) is 11.8 Å². The Balaban J connectivity index is 1.85. The molecule has 0 fully saturated rings. The molecule has 0 aliphatic heterocycles. The van der Waals surface area contributed by atoms with E-state index in [0.717, 1.165) is 43.1 Å². The summed E-state index contributed by atoms with van der Waals surface area (Å²) in [5.74, 6) is 0.394. The summed E-state index contributed by atoms with van der Waals surface area (Å²) in [5, 5.41) is 23.4. The van der Waals surface area contributed by atoms with Crippen LogP contribution in [0.25, 0.3) is 22.0 Å². The second kappa shape index (κ2) is 8.49. The summed E-state index contributed by atoms with van der Waals surface area (Å²) < 4.78 is 0. The lowest BCUT2D eigenvalue weighted by molar-refractivity contribution is 0.422. The monoisotopic (exact) mass is 456 g/mol. The van der Waals surface area contributed by atoms with Crippen LogP contribution in [-0.4, -0.2) is 15.3 Å². The number of aromatic nitrogens is 2. The molecule has 0 amide bonds. The molecule has 170 valence electrons. The number of hydrogen-bond donors (Lipinski definition) is 1. The van der Waals surface area contributed by atoms with E-state index in [-0.39, 0.29) is 10.8 Å². The van der Waals surface area contributed by atoms with Crippen LogP contribution < -0.4 is 0 Å². The topological polar surface area (TPSA) is 46.0 Å². The van der Waals surface area contributed by atoms with Gasteiger partial charge in [0.25, 0.3) is 0 Å². The fourth-order valence-corrected chi connectivity index (χ4v) is 4.95. The van der Waals surface area contributed by atoms with Crippen LogP contribution in [0.1, 0.15) is 58.2 Å². The third kappa shape index (κ3) is 4.77.